The van der Waals surface area contributed by atoms with Crippen LogP contribution in [0, 0.1) is 5.92 Å². The Kier molecular flexibility index (Phi) is 4.36. The van der Waals surface area contributed by atoms with Crippen molar-refractivity contribution in [2.24, 2.45) is 5.92 Å². The van der Waals surface area contributed by atoms with Crippen molar-refractivity contribution in [3.8, 4) is 0 Å². The maximum Gasteiger partial charge on any atom is 0.249 e. The second-order valence-electron chi connectivity index (χ2n) is 6.98. The van der Waals surface area contributed by atoms with E-state index in [0.717, 1.165) is 25.7 Å². The predicted molar refractivity (Wildman–Crippen MR) is 83.8 cm³/mol. The summed E-state index contributed by atoms with van der Waals surface area (Å²) in [7, 11) is 0. The number of rotatable bonds is 6. The first kappa shape index (κ1) is 16.3. The normalized spacial score (nSPS) is 30.2. The molecular formula is C17H30N2O2. The van der Waals surface area contributed by atoms with Crippen molar-refractivity contribution in [3.05, 3.63) is 0 Å². The van der Waals surface area contributed by atoms with Gasteiger partial charge in [0.2, 0.25) is 11.8 Å². The van der Waals surface area contributed by atoms with Gasteiger partial charge in [0, 0.05) is 6.04 Å². The van der Waals surface area contributed by atoms with Crippen LogP contribution in [0.5, 0.6) is 0 Å². The van der Waals surface area contributed by atoms with E-state index in [-0.39, 0.29) is 17.9 Å². The first-order valence-corrected chi connectivity index (χ1v) is 8.53. The lowest BCUT2D eigenvalue weighted by atomic mass is 9.79. The molecule has 1 heterocycles. The molecule has 2 atom stereocenters. The molecule has 0 aromatic carbocycles. The molecule has 0 aromatic heterocycles. The summed E-state index contributed by atoms with van der Waals surface area (Å²) in [6, 6.07) is 0.122. The Balaban J connectivity index is 2.44. The molecule has 1 saturated heterocycles. The van der Waals surface area contributed by atoms with E-state index in [1.807, 2.05) is 25.7 Å². The summed E-state index contributed by atoms with van der Waals surface area (Å²) >= 11 is 0. The molecule has 2 aliphatic rings. The first-order valence-electron chi connectivity index (χ1n) is 8.53. The van der Waals surface area contributed by atoms with E-state index in [0.29, 0.717) is 18.8 Å². The largest absolute Gasteiger partial charge is 0.340 e. The zero-order valence-corrected chi connectivity index (χ0v) is 14.2. The summed E-state index contributed by atoms with van der Waals surface area (Å²) < 4.78 is 0. The zero-order valence-electron chi connectivity index (χ0n) is 14.2. The molecule has 2 unspecified atom stereocenters. The Labute approximate surface area is 128 Å². The molecule has 21 heavy (non-hydrogen) atoms. The summed E-state index contributed by atoms with van der Waals surface area (Å²) in [6.45, 7) is 10.2. The van der Waals surface area contributed by atoms with E-state index in [1.54, 1.807) is 0 Å². The van der Waals surface area contributed by atoms with E-state index in [4.69, 9.17) is 0 Å². The van der Waals surface area contributed by atoms with Crippen LogP contribution in [-0.4, -0.2) is 33.8 Å². The molecule has 1 aliphatic heterocycles. The first-order chi connectivity index (χ1) is 9.87. The summed E-state index contributed by atoms with van der Waals surface area (Å²) in [4.78, 5) is 28.1. The minimum Gasteiger partial charge on any atom is -0.340 e. The van der Waals surface area contributed by atoms with E-state index in [2.05, 4.69) is 19.2 Å². The molecule has 0 radical (unpaired) electrons. The van der Waals surface area contributed by atoms with E-state index in [1.165, 1.54) is 0 Å². The van der Waals surface area contributed by atoms with E-state index >= 15 is 0 Å². The molecule has 2 fully saturated rings. The van der Waals surface area contributed by atoms with Gasteiger partial charge < -0.3 is 10.2 Å². The number of nitrogens with one attached hydrogen (secondary N) is 1. The Morgan fingerprint density at radius 1 is 1.24 bits per heavy atom. The van der Waals surface area contributed by atoms with Gasteiger partial charge in [-0.3, -0.25) is 9.59 Å². The highest BCUT2D eigenvalue weighted by Crippen LogP contribution is 2.47. The van der Waals surface area contributed by atoms with Gasteiger partial charge >= 0.3 is 0 Å². The van der Waals surface area contributed by atoms with Gasteiger partial charge in [0.25, 0.3) is 0 Å². The van der Waals surface area contributed by atoms with Crippen LogP contribution < -0.4 is 5.32 Å². The second-order valence-corrected chi connectivity index (χ2v) is 6.98. The molecule has 1 N–H and O–H groups in total. The fourth-order valence-electron chi connectivity index (χ4n) is 3.91. The molecule has 2 amide bonds. The molecule has 0 bridgehead atoms. The highest BCUT2D eigenvalue weighted by atomic mass is 16.2. The Bertz CT molecular complexity index is 427. The van der Waals surface area contributed by atoms with Crippen LogP contribution in [0.15, 0.2) is 0 Å². The number of hydrogen-bond acceptors (Lipinski definition) is 2. The van der Waals surface area contributed by atoms with Crippen LogP contribution in [0.4, 0.5) is 0 Å². The van der Waals surface area contributed by atoms with Gasteiger partial charge in [-0.05, 0) is 51.9 Å². The molecule has 4 heteroatoms. The average molecular weight is 294 g/mol. The summed E-state index contributed by atoms with van der Waals surface area (Å²) in [6.07, 6.45) is 5.40. The highest BCUT2D eigenvalue weighted by Gasteiger charge is 2.61. The predicted octanol–water partition coefficient (Wildman–Crippen LogP) is 2.86. The maximum absolute atomic E-state index is 13.2. The third-order valence-corrected chi connectivity index (χ3v) is 5.67. The fraction of sp³-hybridized carbons (Fsp3) is 0.882. The van der Waals surface area contributed by atoms with Gasteiger partial charge in [0.05, 0.1) is 0 Å². The lowest BCUT2D eigenvalue weighted by Crippen LogP contribution is -2.76. The third kappa shape index (κ3) is 2.36. The summed E-state index contributed by atoms with van der Waals surface area (Å²) in [5, 5.41) is 3.09. The van der Waals surface area contributed by atoms with Crippen molar-refractivity contribution >= 4 is 11.8 Å². The van der Waals surface area contributed by atoms with Crippen molar-refractivity contribution in [1.82, 2.24) is 10.2 Å². The smallest absolute Gasteiger partial charge is 0.249 e. The summed E-state index contributed by atoms with van der Waals surface area (Å²) in [5.41, 5.74) is -1.35. The van der Waals surface area contributed by atoms with Gasteiger partial charge in [-0.25, -0.2) is 0 Å². The van der Waals surface area contributed by atoms with Crippen LogP contribution >= 0.6 is 0 Å². The molecule has 2 rings (SSSR count). The van der Waals surface area contributed by atoms with Gasteiger partial charge in [0.1, 0.15) is 11.1 Å². The standard InChI is InChI=1S/C17H30N2O2/c1-6-9-12(4)19-15(21)17(7-2,8-3)18-14(20)16(19,5)13-10-11-13/h12-13H,6-11H2,1-5H3,(H,18,20). The van der Waals surface area contributed by atoms with Crippen molar-refractivity contribution in [3.63, 3.8) is 0 Å². The minimum atomic E-state index is -0.701. The Morgan fingerprint density at radius 3 is 2.24 bits per heavy atom. The molecule has 120 valence electrons. The van der Waals surface area contributed by atoms with Crippen LogP contribution in [0.3, 0.4) is 0 Å². The third-order valence-electron chi connectivity index (χ3n) is 5.67. The van der Waals surface area contributed by atoms with Crippen LogP contribution in [0.25, 0.3) is 0 Å². The van der Waals surface area contributed by atoms with Gasteiger partial charge in [-0.1, -0.05) is 27.2 Å². The molecular weight excluding hydrogens is 264 g/mol. The van der Waals surface area contributed by atoms with Crippen molar-refractivity contribution in [2.75, 3.05) is 0 Å². The maximum atomic E-state index is 13.2. The van der Waals surface area contributed by atoms with Gasteiger partial charge in [-0.15, -0.1) is 0 Å². The van der Waals surface area contributed by atoms with Gasteiger partial charge in [-0.2, -0.15) is 0 Å². The van der Waals surface area contributed by atoms with Crippen molar-refractivity contribution in [2.45, 2.75) is 90.3 Å². The number of amides is 2. The van der Waals surface area contributed by atoms with Crippen molar-refractivity contribution < 1.29 is 9.59 Å². The number of piperazine rings is 1. The molecule has 1 saturated carbocycles. The number of hydrogen-bond donors (Lipinski definition) is 1. The molecule has 0 spiro atoms. The lowest BCUT2D eigenvalue weighted by Gasteiger charge is -2.53. The summed E-state index contributed by atoms with van der Waals surface area (Å²) in [5.74, 6) is 0.506. The average Bonchev–Trinajstić information content (AvgIpc) is 3.28. The Hall–Kier alpha value is -1.06. The quantitative estimate of drug-likeness (QED) is 0.819. The molecule has 1 aliphatic carbocycles. The van der Waals surface area contributed by atoms with E-state index in [9.17, 15) is 9.59 Å². The SMILES string of the molecule is CCCC(C)N1C(=O)C(CC)(CC)NC(=O)C1(C)C1CC1. The van der Waals surface area contributed by atoms with Crippen LogP contribution in [-0.2, 0) is 9.59 Å². The second kappa shape index (κ2) is 5.62. The number of carbonyl (C=O) groups excluding carboxylic acids is 2. The topological polar surface area (TPSA) is 49.4 Å². The van der Waals surface area contributed by atoms with Crippen LogP contribution in [0.1, 0.15) is 73.1 Å². The fourth-order valence-corrected chi connectivity index (χ4v) is 3.91. The highest BCUT2D eigenvalue weighted by molar-refractivity contribution is 6.02. The molecule has 4 nitrogen and oxygen atoms in total. The van der Waals surface area contributed by atoms with Crippen molar-refractivity contribution in [1.29, 1.82) is 0 Å². The monoisotopic (exact) mass is 294 g/mol. The Morgan fingerprint density at radius 2 is 1.81 bits per heavy atom. The zero-order chi connectivity index (χ0) is 15.8. The van der Waals surface area contributed by atoms with E-state index < -0.39 is 11.1 Å². The molecule has 0 aromatic rings. The lowest BCUT2D eigenvalue weighted by molar-refractivity contribution is -0.168. The number of carbonyl (C=O) groups is 2. The van der Waals surface area contributed by atoms with Gasteiger partial charge in [0.15, 0.2) is 0 Å². The minimum absolute atomic E-state index is 0.0521. The number of nitrogens with zero attached hydrogens (tertiary/aromatic N) is 1. The van der Waals surface area contributed by atoms with Crippen LogP contribution in [0.2, 0.25) is 0 Å².